The molecule has 0 aromatic heterocycles. The molecule has 15 heavy (non-hydrogen) atoms. The van der Waals surface area contributed by atoms with Crippen molar-refractivity contribution in [1.29, 1.82) is 0 Å². The molecule has 3 heteroatoms. The summed E-state index contributed by atoms with van der Waals surface area (Å²) in [6.45, 7) is 7.66. The van der Waals surface area contributed by atoms with Crippen LogP contribution in [0.2, 0.25) is 0 Å². The summed E-state index contributed by atoms with van der Waals surface area (Å²) in [4.78, 5) is 0. The number of ether oxygens (including phenoxy) is 2. The van der Waals surface area contributed by atoms with Gasteiger partial charge in [0.05, 0.1) is 25.9 Å². The van der Waals surface area contributed by atoms with Crippen molar-refractivity contribution in [2.24, 2.45) is 0 Å². The van der Waals surface area contributed by atoms with Crippen molar-refractivity contribution >= 4 is 0 Å². The van der Waals surface area contributed by atoms with E-state index in [0.29, 0.717) is 6.04 Å². The largest absolute Gasteiger partial charge is 0.376 e. The zero-order valence-electron chi connectivity index (χ0n) is 10.1. The highest BCUT2D eigenvalue weighted by Crippen LogP contribution is 2.04. The lowest BCUT2D eigenvalue weighted by Crippen LogP contribution is -2.40. The van der Waals surface area contributed by atoms with Gasteiger partial charge in [0.2, 0.25) is 0 Å². The molecule has 0 spiro atoms. The number of rotatable bonds is 7. The molecule has 90 valence electrons. The van der Waals surface area contributed by atoms with Crippen LogP contribution in [-0.4, -0.2) is 38.5 Å². The van der Waals surface area contributed by atoms with E-state index in [1.54, 1.807) is 0 Å². The standard InChI is InChI=1S/C12H25NO2/c1-3-4-5-6-11(2)13-9-12-10-14-7-8-15-12/h11-13H,3-10H2,1-2H3. The normalized spacial score (nSPS) is 24.0. The maximum absolute atomic E-state index is 5.57. The van der Waals surface area contributed by atoms with Gasteiger partial charge in [0.1, 0.15) is 0 Å². The van der Waals surface area contributed by atoms with Gasteiger partial charge in [-0.1, -0.05) is 26.2 Å². The van der Waals surface area contributed by atoms with Crippen LogP contribution in [0, 0.1) is 0 Å². The predicted molar refractivity (Wildman–Crippen MR) is 62.2 cm³/mol. The molecule has 0 amide bonds. The van der Waals surface area contributed by atoms with Crippen molar-refractivity contribution < 1.29 is 9.47 Å². The minimum absolute atomic E-state index is 0.257. The molecule has 1 aliphatic rings. The molecule has 1 aliphatic heterocycles. The van der Waals surface area contributed by atoms with Crippen LogP contribution in [0.4, 0.5) is 0 Å². The average Bonchev–Trinajstić information content (AvgIpc) is 2.28. The van der Waals surface area contributed by atoms with Gasteiger partial charge in [0.15, 0.2) is 0 Å². The second kappa shape index (κ2) is 8.08. The molecule has 0 saturated carbocycles. The fourth-order valence-corrected chi connectivity index (χ4v) is 1.79. The molecule has 1 rings (SSSR count). The van der Waals surface area contributed by atoms with Crippen LogP contribution in [0.3, 0.4) is 0 Å². The van der Waals surface area contributed by atoms with Crippen LogP contribution in [0.1, 0.15) is 39.5 Å². The van der Waals surface area contributed by atoms with E-state index >= 15 is 0 Å². The minimum Gasteiger partial charge on any atom is -0.376 e. The first kappa shape index (κ1) is 12.9. The molecular formula is C12H25NO2. The topological polar surface area (TPSA) is 30.5 Å². The summed E-state index contributed by atoms with van der Waals surface area (Å²) < 4.78 is 10.9. The smallest absolute Gasteiger partial charge is 0.0933 e. The van der Waals surface area contributed by atoms with Gasteiger partial charge < -0.3 is 14.8 Å². The van der Waals surface area contributed by atoms with Gasteiger partial charge in [0.25, 0.3) is 0 Å². The predicted octanol–water partition coefficient (Wildman–Crippen LogP) is 1.96. The van der Waals surface area contributed by atoms with E-state index in [-0.39, 0.29) is 6.10 Å². The summed E-state index contributed by atoms with van der Waals surface area (Å²) in [5.41, 5.74) is 0. The van der Waals surface area contributed by atoms with Gasteiger partial charge in [0, 0.05) is 12.6 Å². The van der Waals surface area contributed by atoms with E-state index in [0.717, 1.165) is 26.4 Å². The monoisotopic (exact) mass is 215 g/mol. The van der Waals surface area contributed by atoms with Crippen LogP contribution >= 0.6 is 0 Å². The molecule has 1 saturated heterocycles. The van der Waals surface area contributed by atoms with Gasteiger partial charge in [-0.2, -0.15) is 0 Å². The number of hydrogen-bond acceptors (Lipinski definition) is 3. The highest BCUT2D eigenvalue weighted by molar-refractivity contribution is 4.68. The van der Waals surface area contributed by atoms with E-state index in [2.05, 4.69) is 19.2 Å². The Labute approximate surface area is 93.5 Å². The Morgan fingerprint density at radius 1 is 1.33 bits per heavy atom. The Morgan fingerprint density at radius 3 is 2.87 bits per heavy atom. The van der Waals surface area contributed by atoms with Crippen LogP contribution in [0.25, 0.3) is 0 Å². The lowest BCUT2D eigenvalue weighted by atomic mass is 10.1. The molecule has 2 atom stereocenters. The first-order chi connectivity index (χ1) is 7.33. The summed E-state index contributed by atoms with van der Waals surface area (Å²) in [6, 6.07) is 0.599. The van der Waals surface area contributed by atoms with E-state index in [1.165, 1.54) is 25.7 Å². The molecule has 3 nitrogen and oxygen atoms in total. The third kappa shape index (κ3) is 6.13. The summed E-state index contributed by atoms with van der Waals surface area (Å²) in [5.74, 6) is 0. The Hall–Kier alpha value is -0.120. The molecular weight excluding hydrogens is 190 g/mol. The van der Waals surface area contributed by atoms with E-state index in [1.807, 2.05) is 0 Å². The van der Waals surface area contributed by atoms with Crippen molar-refractivity contribution in [1.82, 2.24) is 5.32 Å². The Morgan fingerprint density at radius 2 is 2.20 bits per heavy atom. The fourth-order valence-electron chi connectivity index (χ4n) is 1.79. The number of nitrogens with one attached hydrogen (secondary N) is 1. The third-order valence-electron chi connectivity index (χ3n) is 2.82. The second-order valence-electron chi connectivity index (χ2n) is 4.37. The molecule has 1 heterocycles. The van der Waals surface area contributed by atoms with Crippen LogP contribution in [0.5, 0.6) is 0 Å². The summed E-state index contributed by atoms with van der Waals surface area (Å²) in [7, 11) is 0. The molecule has 0 aromatic rings. The zero-order valence-corrected chi connectivity index (χ0v) is 10.1. The van der Waals surface area contributed by atoms with Crippen LogP contribution in [0.15, 0.2) is 0 Å². The SMILES string of the molecule is CCCCCC(C)NCC1COCCO1. The van der Waals surface area contributed by atoms with Crippen molar-refractivity contribution in [3.8, 4) is 0 Å². The molecule has 0 bridgehead atoms. The van der Waals surface area contributed by atoms with E-state index in [9.17, 15) is 0 Å². The molecule has 0 aromatic carbocycles. The second-order valence-corrected chi connectivity index (χ2v) is 4.37. The van der Waals surface area contributed by atoms with Crippen molar-refractivity contribution in [3.63, 3.8) is 0 Å². The summed E-state index contributed by atoms with van der Waals surface area (Å²) in [6.07, 6.45) is 5.49. The summed E-state index contributed by atoms with van der Waals surface area (Å²) in [5, 5.41) is 3.51. The van der Waals surface area contributed by atoms with Crippen LogP contribution < -0.4 is 5.32 Å². The minimum atomic E-state index is 0.257. The first-order valence-electron chi connectivity index (χ1n) is 6.25. The molecule has 1 fully saturated rings. The average molecular weight is 215 g/mol. The quantitative estimate of drug-likeness (QED) is 0.659. The van der Waals surface area contributed by atoms with Crippen molar-refractivity contribution in [2.45, 2.75) is 51.7 Å². The molecule has 2 unspecified atom stereocenters. The molecule has 1 N–H and O–H groups in total. The maximum Gasteiger partial charge on any atom is 0.0933 e. The van der Waals surface area contributed by atoms with Crippen LogP contribution in [-0.2, 0) is 9.47 Å². The maximum atomic E-state index is 5.57. The lowest BCUT2D eigenvalue weighted by molar-refractivity contribution is -0.0870. The highest BCUT2D eigenvalue weighted by atomic mass is 16.6. The van der Waals surface area contributed by atoms with Gasteiger partial charge in [-0.25, -0.2) is 0 Å². The first-order valence-corrected chi connectivity index (χ1v) is 6.25. The lowest BCUT2D eigenvalue weighted by Gasteiger charge is -2.24. The third-order valence-corrected chi connectivity index (χ3v) is 2.82. The van der Waals surface area contributed by atoms with Crippen molar-refractivity contribution in [3.05, 3.63) is 0 Å². The molecule has 0 radical (unpaired) electrons. The van der Waals surface area contributed by atoms with Gasteiger partial charge in [-0.3, -0.25) is 0 Å². The van der Waals surface area contributed by atoms with Crippen molar-refractivity contribution in [2.75, 3.05) is 26.4 Å². The van der Waals surface area contributed by atoms with E-state index in [4.69, 9.17) is 9.47 Å². The Balaban J connectivity index is 1.97. The van der Waals surface area contributed by atoms with Gasteiger partial charge in [-0.15, -0.1) is 0 Å². The molecule has 0 aliphatic carbocycles. The van der Waals surface area contributed by atoms with E-state index < -0.39 is 0 Å². The Kier molecular flexibility index (Phi) is 6.98. The van der Waals surface area contributed by atoms with Gasteiger partial charge in [-0.05, 0) is 13.3 Å². The fraction of sp³-hybridized carbons (Fsp3) is 1.00. The number of hydrogen-bond donors (Lipinski definition) is 1. The Bertz CT molecular complexity index is 147. The van der Waals surface area contributed by atoms with Gasteiger partial charge >= 0.3 is 0 Å². The highest BCUT2D eigenvalue weighted by Gasteiger charge is 2.14. The number of unbranched alkanes of at least 4 members (excludes halogenated alkanes) is 2. The summed E-state index contributed by atoms with van der Waals surface area (Å²) >= 11 is 0. The zero-order chi connectivity index (χ0) is 10.9.